The van der Waals surface area contributed by atoms with Gasteiger partial charge in [-0.2, -0.15) is 0 Å². The van der Waals surface area contributed by atoms with Gasteiger partial charge in [0.2, 0.25) is 0 Å². The lowest BCUT2D eigenvalue weighted by molar-refractivity contribution is -0.128. The molecule has 0 aromatic heterocycles. The van der Waals surface area contributed by atoms with Crippen molar-refractivity contribution in [2.24, 2.45) is 0 Å². The van der Waals surface area contributed by atoms with Crippen LogP contribution in [0.3, 0.4) is 0 Å². The van der Waals surface area contributed by atoms with Crippen LogP contribution in [0.15, 0.2) is 36.4 Å². The van der Waals surface area contributed by atoms with E-state index >= 15 is 0 Å². The molecule has 0 aliphatic carbocycles. The molecule has 0 heterocycles. The fourth-order valence-electron chi connectivity index (χ4n) is 4.11. The van der Waals surface area contributed by atoms with Crippen LogP contribution in [0.25, 0.3) is 10.8 Å². The van der Waals surface area contributed by atoms with E-state index < -0.39 is 7.82 Å². The van der Waals surface area contributed by atoms with E-state index in [0.29, 0.717) is 38.8 Å². The first-order valence-electron chi connectivity index (χ1n) is 14.1. The van der Waals surface area contributed by atoms with E-state index in [4.69, 9.17) is 28.3 Å². The zero-order chi connectivity index (χ0) is 27.3. The van der Waals surface area contributed by atoms with Crippen molar-refractivity contribution in [2.75, 3.05) is 46.2 Å². The highest BCUT2D eigenvalue weighted by Gasteiger charge is 2.25. The first-order valence-corrected chi connectivity index (χ1v) is 15.6. The lowest BCUT2D eigenvalue weighted by Crippen LogP contribution is -2.12. The Labute approximate surface area is 228 Å². The van der Waals surface area contributed by atoms with Crippen molar-refractivity contribution in [3.8, 4) is 5.75 Å². The Bertz CT molecular complexity index is 923. The highest BCUT2D eigenvalue weighted by atomic mass is 31.2. The Kier molecular flexibility index (Phi) is 17.6. The molecule has 2 rings (SSSR count). The van der Waals surface area contributed by atoms with Crippen molar-refractivity contribution >= 4 is 18.6 Å². The van der Waals surface area contributed by atoms with E-state index in [0.717, 1.165) is 35.6 Å². The molecule has 0 bridgehead atoms. The number of hydrogen-bond acceptors (Lipinski definition) is 7. The van der Waals surface area contributed by atoms with E-state index in [1.165, 1.54) is 44.9 Å². The first kappa shape index (κ1) is 32.7. The number of aryl methyl sites for hydroxylation is 1. The van der Waals surface area contributed by atoms with Gasteiger partial charge < -0.3 is 24.0 Å². The Hall–Kier alpha value is -1.51. The fourth-order valence-corrected chi connectivity index (χ4v) is 4.63. The summed E-state index contributed by atoms with van der Waals surface area (Å²) in [7, 11) is -4.43. The van der Waals surface area contributed by atoms with Crippen LogP contribution >= 0.6 is 7.82 Å². The number of hydrogen-bond donors (Lipinski definition) is 1. The highest BCUT2D eigenvalue weighted by Crippen LogP contribution is 2.44. The van der Waals surface area contributed by atoms with Gasteiger partial charge in [0.25, 0.3) is 0 Å². The average molecular weight is 555 g/mol. The molecule has 0 radical (unpaired) electrons. The SMILES string of the molecule is CCCCCCCCCCCc1ccc2ccccc2c1OOP(=O)(O)OCCOCCOCCOCC. The van der Waals surface area contributed by atoms with Gasteiger partial charge in [-0.3, -0.25) is 4.52 Å². The minimum atomic E-state index is -4.43. The van der Waals surface area contributed by atoms with Gasteiger partial charge in [0, 0.05) is 12.0 Å². The topological polar surface area (TPSA) is 92.7 Å². The summed E-state index contributed by atoms with van der Waals surface area (Å²) in [5, 5.41) is 1.79. The predicted octanol–water partition coefficient (Wildman–Crippen LogP) is 7.41. The highest BCUT2D eigenvalue weighted by molar-refractivity contribution is 7.47. The molecular weight excluding hydrogens is 507 g/mol. The summed E-state index contributed by atoms with van der Waals surface area (Å²) >= 11 is 0. The molecule has 0 saturated heterocycles. The molecule has 1 atom stereocenters. The summed E-state index contributed by atoms with van der Waals surface area (Å²) in [4.78, 5) is 15.6. The van der Waals surface area contributed by atoms with Crippen LogP contribution in [0.5, 0.6) is 5.75 Å². The minimum absolute atomic E-state index is 0.114. The van der Waals surface area contributed by atoms with Gasteiger partial charge in [0.1, 0.15) is 0 Å². The average Bonchev–Trinajstić information content (AvgIpc) is 2.92. The monoisotopic (exact) mass is 554 g/mol. The maximum absolute atomic E-state index is 12.4. The van der Waals surface area contributed by atoms with Crippen molar-refractivity contribution < 1.29 is 37.8 Å². The summed E-state index contributed by atoms with van der Waals surface area (Å²) < 4.78 is 38.2. The van der Waals surface area contributed by atoms with Crippen molar-refractivity contribution in [1.29, 1.82) is 0 Å². The lowest BCUT2D eigenvalue weighted by Gasteiger charge is -2.15. The molecule has 0 aliphatic heterocycles. The minimum Gasteiger partial charge on any atom is -0.379 e. The first-order chi connectivity index (χ1) is 18.6. The smallest absolute Gasteiger partial charge is 0.379 e. The van der Waals surface area contributed by atoms with Crippen LogP contribution in [0.2, 0.25) is 0 Å². The molecule has 8 nitrogen and oxygen atoms in total. The predicted molar refractivity (Wildman–Crippen MR) is 151 cm³/mol. The number of ether oxygens (including phenoxy) is 3. The zero-order valence-corrected chi connectivity index (χ0v) is 24.1. The largest absolute Gasteiger partial charge is 0.508 e. The summed E-state index contributed by atoms with van der Waals surface area (Å²) in [5.74, 6) is 0.459. The van der Waals surface area contributed by atoms with Crippen LogP contribution in [0.4, 0.5) is 0 Å². The van der Waals surface area contributed by atoms with Crippen LogP contribution in [-0.2, 0) is 34.4 Å². The second-order valence-corrected chi connectivity index (χ2v) is 10.6. The molecule has 38 heavy (non-hydrogen) atoms. The number of fused-ring (bicyclic) bond motifs is 1. The van der Waals surface area contributed by atoms with Gasteiger partial charge in [-0.1, -0.05) is 99.4 Å². The Morgan fingerprint density at radius 3 is 2.00 bits per heavy atom. The van der Waals surface area contributed by atoms with Gasteiger partial charge in [-0.05, 0) is 30.7 Å². The lowest BCUT2D eigenvalue weighted by atomic mass is 10.00. The molecule has 0 spiro atoms. The van der Waals surface area contributed by atoms with E-state index in [1.54, 1.807) is 0 Å². The second kappa shape index (κ2) is 20.4. The fraction of sp³-hybridized carbons (Fsp3) is 0.655. The molecule has 0 amide bonds. The van der Waals surface area contributed by atoms with Gasteiger partial charge in [0.15, 0.2) is 5.75 Å². The molecule has 1 unspecified atom stereocenters. The third-order valence-electron chi connectivity index (χ3n) is 6.16. The Balaban J connectivity index is 1.76. The number of phosphoric acid groups is 1. The van der Waals surface area contributed by atoms with Crippen LogP contribution < -0.4 is 4.89 Å². The third kappa shape index (κ3) is 14.0. The molecular formula is C29H47O8P. The van der Waals surface area contributed by atoms with Crippen molar-refractivity contribution in [3.63, 3.8) is 0 Å². The van der Waals surface area contributed by atoms with Gasteiger partial charge in [0.05, 0.1) is 39.6 Å². The molecule has 2 aromatic rings. The maximum Gasteiger partial charge on any atom is 0.508 e. The second-order valence-electron chi connectivity index (χ2n) is 9.23. The molecule has 216 valence electrons. The summed E-state index contributed by atoms with van der Waals surface area (Å²) in [6.07, 6.45) is 12.0. The van der Waals surface area contributed by atoms with Crippen molar-refractivity contribution in [3.05, 3.63) is 42.0 Å². The third-order valence-corrected chi connectivity index (χ3v) is 6.93. The molecule has 0 saturated carbocycles. The standard InChI is InChI=1S/C29H47O8P/c1-3-5-6-7-8-9-10-11-12-16-27-19-18-26-15-13-14-17-28(26)29(27)36-37-38(30,31)35-25-24-34-23-22-33-21-20-32-4-2/h13-15,17-19H,3-12,16,20-25H2,1-2H3,(H,30,31). The summed E-state index contributed by atoms with van der Waals surface area (Å²) in [6.45, 7) is 6.64. The van der Waals surface area contributed by atoms with E-state index in [2.05, 4.69) is 6.92 Å². The van der Waals surface area contributed by atoms with Crippen LogP contribution in [0, 0.1) is 0 Å². The van der Waals surface area contributed by atoms with Gasteiger partial charge in [-0.25, -0.2) is 4.57 Å². The number of phosphoric ester groups is 1. The zero-order valence-electron chi connectivity index (χ0n) is 23.2. The number of benzene rings is 2. The van der Waals surface area contributed by atoms with Gasteiger partial charge in [-0.15, -0.1) is 0 Å². The van der Waals surface area contributed by atoms with Crippen molar-refractivity contribution in [1.82, 2.24) is 0 Å². The van der Waals surface area contributed by atoms with Crippen LogP contribution in [0.1, 0.15) is 77.2 Å². The molecule has 0 fully saturated rings. The van der Waals surface area contributed by atoms with E-state index in [-0.39, 0.29) is 13.2 Å². The normalized spacial score (nSPS) is 13.1. The molecule has 0 aliphatic rings. The number of unbranched alkanes of at least 4 members (excludes halogenated alkanes) is 8. The molecule has 1 N–H and O–H groups in total. The van der Waals surface area contributed by atoms with Gasteiger partial charge >= 0.3 is 7.82 Å². The Morgan fingerprint density at radius 2 is 1.32 bits per heavy atom. The van der Waals surface area contributed by atoms with E-state index in [9.17, 15) is 9.46 Å². The summed E-state index contributed by atoms with van der Waals surface area (Å²) in [5.41, 5.74) is 0.944. The Morgan fingerprint density at radius 1 is 0.711 bits per heavy atom. The molecule has 2 aromatic carbocycles. The quantitative estimate of drug-likeness (QED) is 0.0621. The molecule has 9 heteroatoms. The van der Waals surface area contributed by atoms with E-state index in [1.807, 2.05) is 43.3 Å². The maximum atomic E-state index is 12.4. The number of rotatable bonds is 24. The van der Waals surface area contributed by atoms with Crippen LogP contribution in [-0.4, -0.2) is 51.1 Å². The summed E-state index contributed by atoms with van der Waals surface area (Å²) in [6, 6.07) is 11.8. The van der Waals surface area contributed by atoms with Crippen molar-refractivity contribution in [2.45, 2.75) is 78.1 Å².